The fraction of sp³-hybridized carbons (Fsp3) is 0.385. The average molecular weight is 250 g/mol. The molecule has 1 amide bonds. The maximum absolute atomic E-state index is 11.5. The molecule has 3 N–H and O–H groups in total. The molecule has 0 aliphatic rings. The number of benzene rings is 1. The Kier molecular flexibility index (Phi) is 5.17. The van der Waals surface area contributed by atoms with Gasteiger partial charge in [-0.1, -0.05) is 18.2 Å². The third-order valence-corrected chi connectivity index (χ3v) is 2.20. The summed E-state index contributed by atoms with van der Waals surface area (Å²) >= 11 is 0. The van der Waals surface area contributed by atoms with Gasteiger partial charge in [-0.2, -0.15) is 0 Å². The minimum absolute atomic E-state index is 0.0287. The van der Waals surface area contributed by atoms with E-state index in [-0.39, 0.29) is 25.0 Å². The van der Waals surface area contributed by atoms with Crippen LogP contribution in [0.15, 0.2) is 24.3 Å². The molecule has 0 bridgehead atoms. The zero-order chi connectivity index (χ0) is 13.5. The molecule has 0 radical (unpaired) electrons. The predicted molar refractivity (Wildman–Crippen MR) is 68.8 cm³/mol. The maximum Gasteiger partial charge on any atom is 0.310 e. The Bertz CT molecular complexity index is 430. The van der Waals surface area contributed by atoms with E-state index in [4.69, 9.17) is 10.5 Å². The number of rotatable bonds is 5. The van der Waals surface area contributed by atoms with Gasteiger partial charge in [-0.15, -0.1) is 0 Å². The predicted octanol–water partition coefficient (Wildman–Crippen LogP) is 0.879. The van der Waals surface area contributed by atoms with E-state index in [1.165, 1.54) is 0 Å². The summed E-state index contributed by atoms with van der Waals surface area (Å²) in [6.07, 6.45) is 0.0711. The van der Waals surface area contributed by atoms with E-state index in [0.717, 1.165) is 0 Å². The second-order valence-electron chi connectivity index (χ2n) is 4.26. The molecule has 0 saturated heterocycles. The molecule has 18 heavy (non-hydrogen) atoms. The highest BCUT2D eigenvalue weighted by atomic mass is 16.5. The van der Waals surface area contributed by atoms with Gasteiger partial charge in [-0.3, -0.25) is 9.59 Å². The van der Waals surface area contributed by atoms with Gasteiger partial charge < -0.3 is 15.8 Å². The molecule has 1 rings (SSSR count). The third kappa shape index (κ3) is 4.86. The number of nitrogens with two attached hydrogens (primary N) is 1. The van der Waals surface area contributed by atoms with Crippen LogP contribution in [-0.4, -0.2) is 24.5 Å². The molecule has 0 atom stereocenters. The van der Waals surface area contributed by atoms with Gasteiger partial charge in [0.15, 0.2) is 6.61 Å². The molecule has 0 spiro atoms. The molecule has 1 aromatic carbocycles. The summed E-state index contributed by atoms with van der Waals surface area (Å²) in [5.74, 6) is -0.772. The summed E-state index contributed by atoms with van der Waals surface area (Å²) in [6.45, 7) is 3.42. The van der Waals surface area contributed by atoms with Crippen LogP contribution in [0.2, 0.25) is 0 Å². The normalized spacial score (nSPS) is 10.2. The van der Waals surface area contributed by atoms with E-state index < -0.39 is 5.97 Å². The monoisotopic (exact) mass is 250 g/mol. The molecule has 0 heterocycles. The molecule has 0 fully saturated rings. The molecule has 0 aliphatic carbocycles. The van der Waals surface area contributed by atoms with E-state index in [9.17, 15) is 9.59 Å². The van der Waals surface area contributed by atoms with E-state index in [0.29, 0.717) is 11.3 Å². The van der Waals surface area contributed by atoms with Crippen LogP contribution in [0.25, 0.3) is 0 Å². The van der Waals surface area contributed by atoms with E-state index in [1.54, 1.807) is 24.3 Å². The molecule has 0 saturated carbocycles. The van der Waals surface area contributed by atoms with Crippen LogP contribution in [0.1, 0.15) is 19.4 Å². The molecule has 1 aromatic rings. The summed E-state index contributed by atoms with van der Waals surface area (Å²) in [5, 5.41) is 2.63. The van der Waals surface area contributed by atoms with Crippen molar-refractivity contribution in [3.05, 3.63) is 29.8 Å². The van der Waals surface area contributed by atoms with Crippen LogP contribution in [0.5, 0.6) is 0 Å². The van der Waals surface area contributed by atoms with Gasteiger partial charge in [0.1, 0.15) is 0 Å². The van der Waals surface area contributed by atoms with E-state index in [2.05, 4.69) is 5.32 Å². The van der Waals surface area contributed by atoms with Crippen molar-refractivity contribution in [1.29, 1.82) is 0 Å². The maximum atomic E-state index is 11.5. The van der Waals surface area contributed by atoms with Crippen molar-refractivity contribution < 1.29 is 14.3 Å². The van der Waals surface area contributed by atoms with E-state index in [1.807, 2.05) is 13.8 Å². The van der Waals surface area contributed by atoms with Crippen molar-refractivity contribution in [3.63, 3.8) is 0 Å². The Balaban J connectivity index is 2.39. The number of esters is 1. The lowest BCUT2D eigenvalue weighted by molar-refractivity contribution is -0.148. The number of carbonyl (C=O) groups is 2. The lowest BCUT2D eigenvalue weighted by atomic mass is 10.1. The number of ether oxygens (including phenoxy) is 1. The number of amides is 1. The topological polar surface area (TPSA) is 81.4 Å². The second kappa shape index (κ2) is 6.64. The van der Waals surface area contributed by atoms with Crippen LogP contribution in [0.4, 0.5) is 5.69 Å². The van der Waals surface area contributed by atoms with E-state index >= 15 is 0 Å². The highest BCUT2D eigenvalue weighted by Gasteiger charge is 2.10. The van der Waals surface area contributed by atoms with Gasteiger partial charge in [-0.05, 0) is 25.5 Å². The molecule has 0 aromatic heterocycles. The molecular formula is C13H18N2O3. The smallest absolute Gasteiger partial charge is 0.310 e. The molecule has 98 valence electrons. The van der Waals surface area contributed by atoms with Crippen LogP contribution in [0, 0.1) is 0 Å². The summed E-state index contributed by atoms with van der Waals surface area (Å²) in [7, 11) is 0. The Morgan fingerprint density at radius 3 is 2.61 bits per heavy atom. The molecular weight excluding hydrogens is 232 g/mol. The lowest BCUT2D eigenvalue weighted by Crippen LogP contribution is -2.34. The summed E-state index contributed by atoms with van der Waals surface area (Å²) in [6, 6.07) is 7.09. The number of anilines is 1. The van der Waals surface area contributed by atoms with Crippen molar-refractivity contribution >= 4 is 17.6 Å². The number of hydrogen-bond acceptors (Lipinski definition) is 4. The van der Waals surface area contributed by atoms with Gasteiger partial charge in [0.2, 0.25) is 0 Å². The number of hydrogen-bond donors (Lipinski definition) is 2. The minimum atomic E-state index is -0.466. The first-order chi connectivity index (χ1) is 8.49. The quantitative estimate of drug-likeness (QED) is 0.600. The first kappa shape index (κ1) is 14.0. The van der Waals surface area contributed by atoms with Crippen molar-refractivity contribution in [1.82, 2.24) is 5.32 Å². The summed E-state index contributed by atoms with van der Waals surface area (Å²) in [5.41, 5.74) is 6.95. The van der Waals surface area contributed by atoms with Gasteiger partial charge in [0.05, 0.1) is 6.42 Å². The highest BCUT2D eigenvalue weighted by molar-refractivity contribution is 5.81. The summed E-state index contributed by atoms with van der Waals surface area (Å²) in [4.78, 5) is 22.8. The van der Waals surface area contributed by atoms with Gasteiger partial charge in [0.25, 0.3) is 5.91 Å². The Morgan fingerprint density at radius 2 is 2.00 bits per heavy atom. The molecule has 0 unspecified atom stereocenters. The number of nitrogens with one attached hydrogen (secondary N) is 1. The van der Waals surface area contributed by atoms with Gasteiger partial charge in [-0.25, -0.2) is 0 Å². The van der Waals surface area contributed by atoms with Crippen molar-refractivity contribution in [2.45, 2.75) is 26.3 Å². The Morgan fingerprint density at radius 1 is 1.33 bits per heavy atom. The standard InChI is InChI=1S/C13H18N2O3/c1-9(2)15-12(16)8-18-13(17)7-10-5-3-4-6-11(10)14/h3-6,9H,7-8,14H2,1-2H3,(H,15,16). The van der Waals surface area contributed by atoms with Crippen molar-refractivity contribution in [2.75, 3.05) is 12.3 Å². The number of nitrogen functional groups attached to an aromatic ring is 1. The average Bonchev–Trinajstić information content (AvgIpc) is 2.29. The Hall–Kier alpha value is -2.04. The zero-order valence-corrected chi connectivity index (χ0v) is 10.6. The third-order valence-electron chi connectivity index (χ3n) is 2.20. The molecule has 0 aliphatic heterocycles. The van der Waals surface area contributed by atoms with Crippen molar-refractivity contribution in [2.24, 2.45) is 0 Å². The fourth-order valence-corrected chi connectivity index (χ4v) is 1.41. The first-order valence-corrected chi connectivity index (χ1v) is 5.77. The van der Waals surface area contributed by atoms with Crippen LogP contribution in [-0.2, 0) is 20.7 Å². The SMILES string of the molecule is CC(C)NC(=O)COC(=O)Cc1ccccc1N. The minimum Gasteiger partial charge on any atom is -0.455 e. The van der Waals surface area contributed by atoms with Crippen LogP contribution in [0.3, 0.4) is 0 Å². The fourth-order valence-electron chi connectivity index (χ4n) is 1.41. The largest absolute Gasteiger partial charge is 0.455 e. The second-order valence-corrected chi connectivity index (χ2v) is 4.26. The highest BCUT2D eigenvalue weighted by Crippen LogP contribution is 2.11. The molecule has 5 heteroatoms. The number of para-hydroxylation sites is 1. The lowest BCUT2D eigenvalue weighted by Gasteiger charge is -2.09. The molecule has 5 nitrogen and oxygen atoms in total. The van der Waals surface area contributed by atoms with Gasteiger partial charge in [0, 0.05) is 11.7 Å². The Labute approximate surface area is 106 Å². The zero-order valence-electron chi connectivity index (χ0n) is 10.6. The van der Waals surface area contributed by atoms with Crippen molar-refractivity contribution in [3.8, 4) is 0 Å². The van der Waals surface area contributed by atoms with Crippen LogP contribution < -0.4 is 11.1 Å². The van der Waals surface area contributed by atoms with Gasteiger partial charge >= 0.3 is 5.97 Å². The first-order valence-electron chi connectivity index (χ1n) is 5.77. The summed E-state index contributed by atoms with van der Waals surface area (Å²) < 4.78 is 4.86. The van der Waals surface area contributed by atoms with Crippen LogP contribution >= 0.6 is 0 Å². The number of carbonyl (C=O) groups excluding carboxylic acids is 2.